The molecular formula is C7H2BrF2NO. The maximum absolute atomic E-state index is 12.5. The van der Waals surface area contributed by atoms with Crippen molar-refractivity contribution in [2.45, 2.75) is 0 Å². The summed E-state index contributed by atoms with van der Waals surface area (Å²) in [6.45, 7) is 0. The van der Waals surface area contributed by atoms with E-state index in [1.165, 1.54) is 6.08 Å². The fourth-order valence-electron chi connectivity index (χ4n) is 0.647. The van der Waals surface area contributed by atoms with Crippen LogP contribution in [0.3, 0.4) is 0 Å². The van der Waals surface area contributed by atoms with E-state index in [9.17, 15) is 13.6 Å². The van der Waals surface area contributed by atoms with Gasteiger partial charge in [-0.15, -0.1) is 0 Å². The van der Waals surface area contributed by atoms with E-state index in [1.807, 2.05) is 0 Å². The molecule has 1 rings (SSSR count). The molecule has 0 unspecified atom stereocenters. The lowest BCUT2D eigenvalue weighted by Gasteiger charge is -1.96. The molecule has 0 saturated carbocycles. The van der Waals surface area contributed by atoms with E-state index in [2.05, 4.69) is 20.9 Å². The number of carbonyl (C=O) groups excluding carboxylic acids is 1. The Morgan fingerprint density at radius 2 is 1.92 bits per heavy atom. The molecule has 0 aliphatic rings. The molecule has 0 fully saturated rings. The topological polar surface area (TPSA) is 29.4 Å². The Morgan fingerprint density at radius 1 is 1.33 bits per heavy atom. The van der Waals surface area contributed by atoms with Gasteiger partial charge < -0.3 is 0 Å². The second-order valence-electron chi connectivity index (χ2n) is 1.92. The Hall–Kier alpha value is -1.06. The minimum atomic E-state index is -1.05. The van der Waals surface area contributed by atoms with Gasteiger partial charge in [0.25, 0.3) is 0 Å². The van der Waals surface area contributed by atoms with Gasteiger partial charge in [-0.1, -0.05) is 0 Å². The minimum Gasteiger partial charge on any atom is -0.211 e. The van der Waals surface area contributed by atoms with Gasteiger partial charge >= 0.3 is 0 Å². The molecule has 0 spiro atoms. The van der Waals surface area contributed by atoms with Crippen LogP contribution in [0.1, 0.15) is 0 Å². The van der Waals surface area contributed by atoms with Crippen molar-refractivity contribution in [3.05, 3.63) is 28.2 Å². The third-order valence-electron chi connectivity index (χ3n) is 1.16. The number of aliphatic imine (C=N–C) groups is 1. The van der Waals surface area contributed by atoms with Crippen molar-refractivity contribution in [3.8, 4) is 0 Å². The first-order valence-corrected chi connectivity index (χ1v) is 3.67. The van der Waals surface area contributed by atoms with E-state index in [0.29, 0.717) is 0 Å². The van der Waals surface area contributed by atoms with Crippen LogP contribution in [0.4, 0.5) is 14.5 Å². The van der Waals surface area contributed by atoms with Gasteiger partial charge in [0.15, 0.2) is 11.6 Å². The van der Waals surface area contributed by atoms with Crippen molar-refractivity contribution in [3.63, 3.8) is 0 Å². The molecule has 12 heavy (non-hydrogen) atoms. The summed E-state index contributed by atoms with van der Waals surface area (Å²) in [7, 11) is 0. The van der Waals surface area contributed by atoms with Gasteiger partial charge in [-0.3, -0.25) is 0 Å². The number of nitrogens with zero attached hydrogens (tertiary/aromatic N) is 1. The van der Waals surface area contributed by atoms with Crippen LogP contribution in [-0.4, -0.2) is 6.08 Å². The summed E-state index contributed by atoms with van der Waals surface area (Å²) < 4.78 is 25.2. The van der Waals surface area contributed by atoms with Crippen molar-refractivity contribution >= 4 is 27.7 Å². The molecule has 0 amide bonds. The maximum atomic E-state index is 12.5. The summed E-state index contributed by atoms with van der Waals surface area (Å²) >= 11 is 2.90. The highest BCUT2D eigenvalue weighted by Crippen LogP contribution is 2.27. The van der Waals surface area contributed by atoms with E-state index in [1.54, 1.807) is 0 Å². The Kier molecular flexibility index (Phi) is 2.68. The summed E-state index contributed by atoms with van der Waals surface area (Å²) in [5.41, 5.74) is 0.0175. The molecule has 2 nitrogen and oxygen atoms in total. The highest BCUT2D eigenvalue weighted by molar-refractivity contribution is 9.10. The highest BCUT2D eigenvalue weighted by atomic mass is 79.9. The van der Waals surface area contributed by atoms with Gasteiger partial charge in [-0.2, -0.15) is 4.99 Å². The quantitative estimate of drug-likeness (QED) is 0.417. The second-order valence-corrected chi connectivity index (χ2v) is 2.78. The van der Waals surface area contributed by atoms with Crippen LogP contribution in [0.25, 0.3) is 0 Å². The predicted molar refractivity (Wildman–Crippen MR) is 41.8 cm³/mol. The molecule has 0 N–H and O–H groups in total. The van der Waals surface area contributed by atoms with Crippen molar-refractivity contribution in [1.82, 2.24) is 0 Å². The van der Waals surface area contributed by atoms with Crippen molar-refractivity contribution in [2.75, 3.05) is 0 Å². The lowest BCUT2D eigenvalue weighted by molar-refractivity contribution is 0.508. The van der Waals surface area contributed by atoms with Crippen molar-refractivity contribution in [2.24, 2.45) is 4.99 Å². The number of hydrogen-bond acceptors (Lipinski definition) is 2. The van der Waals surface area contributed by atoms with E-state index < -0.39 is 11.6 Å². The molecule has 62 valence electrons. The highest BCUT2D eigenvalue weighted by Gasteiger charge is 2.06. The zero-order valence-corrected chi connectivity index (χ0v) is 7.23. The van der Waals surface area contributed by atoms with Crippen LogP contribution in [0.5, 0.6) is 0 Å². The fraction of sp³-hybridized carbons (Fsp3) is 0. The van der Waals surface area contributed by atoms with E-state index in [0.717, 1.165) is 12.1 Å². The zero-order chi connectivity index (χ0) is 9.14. The van der Waals surface area contributed by atoms with Crippen LogP contribution >= 0.6 is 15.9 Å². The van der Waals surface area contributed by atoms with E-state index in [4.69, 9.17) is 0 Å². The molecule has 0 aliphatic carbocycles. The number of hydrogen-bond donors (Lipinski definition) is 0. The fourth-order valence-corrected chi connectivity index (χ4v) is 1.05. The van der Waals surface area contributed by atoms with Crippen LogP contribution in [0.2, 0.25) is 0 Å². The summed E-state index contributed by atoms with van der Waals surface area (Å²) in [6.07, 6.45) is 1.23. The molecule has 0 aromatic heterocycles. The Balaban J connectivity index is 3.32. The smallest absolute Gasteiger partial charge is 0.211 e. The average Bonchev–Trinajstić information content (AvgIpc) is 2.01. The van der Waals surface area contributed by atoms with Crippen LogP contribution < -0.4 is 0 Å². The summed E-state index contributed by atoms with van der Waals surface area (Å²) in [5.74, 6) is -2.04. The Morgan fingerprint density at radius 3 is 2.50 bits per heavy atom. The first kappa shape index (κ1) is 9.03. The monoisotopic (exact) mass is 233 g/mol. The van der Waals surface area contributed by atoms with Gasteiger partial charge in [-0.25, -0.2) is 13.6 Å². The largest absolute Gasteiger partial charge is 0.240 e. The minimum absolute atomic E-state index is 0.0175. The molecule has 0 bridgehead atoms. The second kappa shape index (κ2) is 3.56. The third-order valence-corrected chi connectivity index (χ3v) is 1.79. The molecule has 0 aliphatic heterocycles. The molecule has 0 saturated heterocycles. The van der Waals surface area contributed by atoms with E-state index >= 15 is 0 Å². The van der Waals surface area contributed by atoms with E-state index in [-0.39, 0.29) is 10.2 Å². The maximum Gasteiger partial charge on any atom is 0.240 e. The van der Waals surface area contributed by atoms with Gasteiger partial charge in [0.2, 0.25) is 6.08 Å². The lowest BCUT2D eigenvalue weighted by Crippen LogP contribution is -1.82. The Bertz CT molecular complexity index is 361. The summed E-state index contributed by atoms with van der Waals surface area (Å²) in [4.78, 5) is 12.9. The lowest BCUT2D eigenvalue weighted by atomic mass is 10.3. The SMILES string of the molecule is O=C=Nc1cc(F)c(F)cc1Br. The predicted octanol–water partition coefficient (Wildman–Crippen LogP) is 2.69. The normalized spacial score (nSPS) is 9.25. The van der Waals surface area contributed by atoms with Crippen molar-refractivity contribution < 1.29 is 13.6 Å². The van der Waals surface area contributed by atoms with Crippen LogP contribution in [-0.2, 0) is 4.79 Å². The van der Waals surface area contributed by atoms with Gasteiger partial charge in [-0.05, 0) is 22.0 Å². The number of rotatable bonds is 1. The molecule has 5 heteroatoms. The van der Waals surface area contributed by atoms with Gasteiger partial charge in [0.1, 0.15) is 0 Å². The summed E-state index contributed by atoms with van der Waals surface area (Å²) in [5, 5.41) is 0. The third kappa shape index (κ3) is 1.75. The molecule has 0 radical (unpaired) electrons. The van der Waals surface area contributed by atoms with Gasteiger partial charge in [0, 0.05) is 10.5 Å². The zero-order valence-electron chi connectivity index (χ0n) is 5.64. The Labute approximate surface area is 75.1 Å². The molecule has 1 aromatic carbocycles. The summed E-state index contributed by atoms with van der Waals surface area (Å²) in [6, 6.07) is 1.70. The van der Waals surface area contributed by atoms with Crippen molar-refractivity contribution in [1.29, 1.82) is 0 Å². The molecule has 0 heterocycles. The average molecular weight is 234 g/mol. The number of halogens is 3. The van der Waals surface area contributed by atoms with Crippen LogP contribution in [0, 0.1) is 11.6 Å². The van der Waals surface area contributed by atoms with Gasteiger partial charge in [0.05, 0.1) is 5.69 Å². The first-order chi connectivity index (χ1) is 5.65. The number of isocyanates is 1. The first-order valence-electron chi connectivity index (χ1n) is 2.87. The standard InChI is InChI=1S/C7H2BrF2NO/c8-4-1-5(9)6(10)2-7(4)11-3-12/h1-2H. The molecule has 0 atom stereocenters. The molecular weight excluding hydrogens is 232 g/mol. The number of benzene rings is 1. The van der Waals surface area contributed by atoms with Crippen LogP contribution in [0.15, 0.2) is 21.6 Å². The molecule has 1 aromatic rings.